The van der Waals surface area contributed by atoms with Gasteiger partial charge in [-0.05, 0) is 56.0 Å². The van der Waals surface area contributed by atoms with Crippen molar-refractivity contribution in [2.45, 2.75) is 30.7 Å². The molecule has 10 heteroatoms. The molecule has 33 heavy (non-hydrogen) atoms. The van der Waals surface area contributed by atoms with Crippen molar-refractivity contribution in [1.29, 1.82) is 5.26 Å². The summed E-state index contributed by atoms with van der Waals surface area (Å²) in [4.78, 5) is 21.6. The standard InChI is InChI=1S/C23H29N5O3S2/c1-18-6-8-20(9-7-18)33(30,31)26-21(10-16-32-2)23(29)28-13-4-12-27(14-15-28)22-19(17-24)5-3-11-25-22/h3,5-9,11,21,26H,4,10,12-16H2,1-2H3. The van der Waals surface area contributed by atoms with Gasteiger partial charge in [0.15, 0.2) is 0 Å². The molecule has 1 unspecified atom stereocenters. The highest BCUT2D eigenvalue weighted by atomic mass is 32.2. The monoisotopic (exact) mass is 487 g/mol. The topological polar surface area (TPSA) is 106 Å². The second-order valence-electron chi connectivity index (χ2n) is 7.92. The van der Waals surface area contributed by atoms with E-state index in [4.69, 9.17) is 0 Å². The van der Waals surface area contributed by atoms with Crippen LogP contribution in [-0.4, -0.2) is 68.4 Å². The first-order chi connectivity index (χ1) is 15.9. The molecule has 2 aromatic rings. The molecule has 8 nitrogen and oxygen atoms in total. The number of hydrogen-bond donors (Lipinski definition) is 1. The van der Waals surface area contributed by atoms with E-state index in [1.54, 1.807) is 59.3 Å². The molecule has 1 aromatic heterocycles. The van der Waals surface area contributed by atoms with E-state index in [2.05, 4.69) is 15.8 Å². The van der Waals surface area contributed by atoms with Crippen molar-refractivity contribution in [1.82, 2.24) is 14.6 Å². The average Bonchev–Trinajstić information content (AvgIpc) is 3.07. The van der Waals surface area contributed by atoms with E-state index in [9.17, 15) is 18.5 Å². The highest BCUT2D eigenvalue weighted by Crippen LogP contribution is 2.19. The molecule has 176 valence electrons. The van der Waals surface area contributed by atoms with E-state index >= 15 is 0 Å². The number of aryl methyl sites for hydroxylation is 1. The van der Waals surface area contributed by atoms with Gasteiger partial charge in [0.25, 0.3) is 0 Å². The van der Waals surface area contributed by atoms with Gasteiger partial charge in [0.1, 0.15) is 17.9 Å². The average molecular weight is 488 g/mol. The zero-order valence-electron chi connectivity index (χ0n) is 18.9. The number of benzene rings is 1. The van der Waals surface area contributed by atoms with Crippen LogP contribution in [0, 0.1) is 18.3 Å². The molecule has 1 aliphatic heterocycles. The Morgan fingerprint density at radius 1 is 1.21 bits per heavy atom. The summed E-state index contributed by atoms with van der Waals surface area (Å²) in [6, 6.07) is 11.4. The molecule has 1 aromatic carbocycles. The number of rotatable bonds is 8. The molecule has 0 saturated carbocycles. The van der Waals surface area contributed by atoms with E-state index in [1.807, 2.05) is 18.1 Å². The maximum Gasteiger partial charge on any atom is 0.241 e. The summed E-state index contributed by atoms with van der Waals surface area (Å²) >= 11 is 1.57. The van der Waals surface area contributed by atoms with Crippen LogP contribution in [0.2, 0.25) is 0 Å². The summed E-state index contributed by atoms with van der Waals surface area (Å²) in [6.45, 7) is 4.04. The van der Waals surface area contributed by atoms with Crippen LogP contribution in [0.25, 0.3) is 0 Å². The minimum atomic E-state index is -3.83. The highest BCUT2D eigenvalue weighted by molar-refractivity contribution is 7.98. The molecule has 1 aliphatic rings. The zero-order chi connectivity index (χ0) is 23.8. The number of nitrogens with zero attached hydrogens (tertiary/aromatic N) is 4. The van der Waals surface area contributed by atoms with Crippen LogP contribution < -0.4 is 9.62 Å². The Balaban J connectivity index is 1.74. The van der Waals surface area contributed by atoms with Crippen LogP contribution in [0.1, 0.15) is 24.0 Å². The number of anilines is 1. The second-order valence-corrected chi connectivity index (χ2v) is 10.6. The molecule has 1 atom stereocenters. The number of amides is 1. The fourth-order valence-electron chi connectivity index (χ4n) is 3.75. The number of aromatic nitrogens is 1. The number of sulfonamides is 1. The summed E-state index contributed by atoms with van der Waals surface area (Å²) in [5.74, 6) is 1.06. The van der Waals surface area contributed by atoms with Gasteiger partial charge in [-0.1, -0.05) is 17.7 Å². The van der Waals surface area contributed by atoms with Gasteiger partial charge in [-0.25, -0.2) is 13.4 Å². The SMILES string of the molecule is CSCCC(NS(=O)(=O)c1ccc(C)cc1)C(=O)N1CCCN(c2ncccc2C#N)CC1. The molecule has 1 fully saturated rings. The van der Waals surface area contributed by atoms with Gasteiger partial charge in [0.2, 0.25) is 15.9 Å². The number of carbonyl (C=O) groups excluding carboxylic acids is 1. The van der Waals surface area contributed by atoms with Gasteiger partial charge in [0, 0.05) is 32.4 Å². The molecule has 0 radical (unpaired) electrons. The van der Waals surface area contributed by atoms with Crippen LogP contribution in [0.5, 0.6) is 0 Å². The van der Waals surface area contributed by atoms with E-state index in [-0.39, 0.29) is 10.8 Å². The first-order valence-electron chi connectivity index (χ1n) is 10.8. The van der Waals surface area contributed by atoms with E-state index in [0.717, 1.165) is 5.56 Å². The predicted molar refractivity (Wildman–Crippen MR) is 131 cm³/mol. The molecule has 1 amide bonds. The lowest BCUT2D eigenvalue weighted by atomic mass is 10.2. The Labute approximate surface area is 200 Å². The summed E-state index contributed by atoms with van der Waals surface area (Å²) in [5, 5.41) is 9.38. The molecular formula is C23H29N5O3S2. The third-order valence-corrected chi connectivity index (χ3v) is 7.68. The summed E-state index contributed by atoms with van der Waals surface area (Å²) in [5.41, 5.74) is 1.46. The Morgan fingerprint density at radius 2 is 1.97 bits per heavy atom. The number of thioether (sulfide) groups is 1. The smallest absolute Gasteiger partial charge is 0.241 e. The molecule has 1 saturated heterocycles. The fourth-order valence-corrected chi connectivity index (χ4v) is 5.44. The lowest BCUT2D eigenvalue weighted by Crippen LogP contribution is -2.49. The minimum Gasteiger partial charge on any atom is -0.354 e. The maximum atomic E-state index is 13.4. The number of carbonyl (C=O) groups is 1. The third-order valence-electron chi connectivity index (χ3n) is 5.55. The lowest BCUT2D eigenvalue weighted by Gasteiger charge is -2.27. The van der Waals surface area contributed by atoms with Gasteiger partial charge in [-0.15, -0.1) is 0 Å². The van der Waals surface area contributed by atoms with Crippen molar-refractivity contribution >= 4 is 33.5 Å². The molecule has 1 N–H and O–H groups in total. The molecule has 0 bridgehead atoms. The summed E-state index contributed by atoms with van der Waals surface area (Å²) < 4.78 is 28.5. The number of nitriles is 1. The van der Waals surface area contributed by atoms with Gasteiger partial charge < -0.3 is 9.80 Å². The maximum absolute atomic E-state index is 13.4. The number of nitrogens with one attached hydrogen (secondary N) is 1. The van der Waals surface area contributed by atoms with E-state index in [1.165, 1.54) is 0 Å². The summed E-state index contributed by atoms with van der Waals surface area (Å²) in [6.07, 6.45) is 4.69. The van der Waals surface area contributed by atoms with Gasteiger partial charge in [-0.3, -0.25) is 4.79 Å². The van der Waals surface area contributed by atoms with Gasteiger partial charge >= 0.3 is 0 Å². The van der Waals surface area contributed by atoms with Crippen molar-refractivity contribution in [3.63, 3.8) is 0 Å². The Bertz CT molecular complexity index is 1100. The summed E-state index contributed by atoms with van der Waals surface area (Å²) in [7, 11) is -3.83. The fraction of sp³-hybridized carbons (Fsp3) is 0.435. The van der Waals surface area contributed by atoms with Crippen molar-refractivity contribution in [3.05, 3.63) is 53.7 Å². The Morgan fingerprint density at radius 3 is 2.67 bits per heavy atom. The quantitative estimate of drug-likeness (QED) is 0.609. The Hall–Kier alpha value is -2.61. The number of hydrogen-bond acceptors (Lipinski definition) is 7. The van der Waals surface area contributed by atoms with Crippen LogP contribution in [0.4, 0.5) is 5.82 Å². The van der Waals surface area contributed by atoms with Crippen molar-refractivity contribution < 1.29 is 13.2 Å². The van der Waals surface area contributed by atoms with Gasteiger partial charge in [0.05, 0.1) is 10.5 Å². The van der Waals surface area contributed by atoms with Crippen molar-refractivity contribution in [2.75, 3.05) is 43.1 Å². The molecule has 0 aliphatic carbocycles. The normalized spacial score (nSPS) is 15.5. The van der Waals surface area contributed by atoms with Crippen LogP contribution in [0.3, 0.4) is 0 Å². The van der Waals surface area contributed by atoms with E-state index in [0.29, 0.717) is 56.2 Å². The van der Waals surface area contributed by atoms with Crippen molar-refractivity contribution in [3.8, 4) is 6.07 Å². The molecule has 3 rings (SSSR count). The molecular weight excluding hydrogens is 458 g/mol. The highest BCUT2D eigenvalue weighted by Gasteiger charge is 2.30. The van der Waals surface area contributed by atoms with Crippen LogP contribution in [0.15, 0.2) is 47.5 Å². The Kier molecular flexibility index (Phi) is 8.72. The first-order valence-corrected chi connectivity index (χ1v) is 13.7. The second kappa shape index (κ2) is 11.5. The molecule has 2 heterocycles. The largest absolute Gasteiger partial charge is 0.354 e. The van der Waals surface area contributed by atoms with Crippen LogP contribution >= 0.6 is 11.8 Å². The predicted octanol–water partition coefficient (Wildman–Crippen LogP) is 2.40. The zero-order valence-corrected chi connectivity index (χ0v) is 20.5. The lowest BCUT2D eigenvalue weighted by molar-refractivity contribution is -0.132. The van der Waals surface area contributed by atoms with Crippen molar-refractivity contribution in [2.24, 2.45) is 0 Å². The minimum absolute atomic E-state index is 0.149. The third kappa shape index (κ3) is 6.47. The molecule has 0 spiro atoms. The van der Waals surface area contributed by atoms with Crippen LogP contribution in [-0.2, 0) is 14.8 Å². The first kappa shape index (κ1) is 25.0. The van der Waals surface area contributed by atoms with Gasteiger partial charge in [-0.2, -0.15) is 21.7 Å². The van der Waals surface area contributed by atoms with E-state index < -0.39 is 16.1 Å². The number of pyridine rings is 1.